The molecule has 0 aromatic heterocycles. The van der Waals surface area contributed by atoms with Gasteiger partial charge in [-0.1, -0.05) is 13.8 Å². The highest BCUT2D eigenvalue weighted by Gasteiger charge is 2.28. The zero-order valence-corrected chi connectivity index (χ0v) is 13.9. The fourth-order valence-corrected chi connectivity index (χ4v) is 1.89. The Hall–Kier alpha value is -1.96. The zero-order chi connectivity index (χ0) is 18.3. The molecule has 3 N–H and O–H groups in total. The minimum atomic E-state index is -4.40. The van der Waals surface area contributed by atoms with Crippen molar-refractivity contribution in [3.05, 3.63) is 23.8 Å². The first-order valence-corrected chi connectivity index (χ1v) is 7.61. The Bertz CT molecular complexity index is 548. The van der Waals surface area contributed by atoms with Crippen LogP contribution >= 0.6 is 0 Å². The molecule has 0 saturated heterocycles. The van der Waals surface area contributed by atoms with Crippen LogP contribution in [0.5, 0.6) is 5.75 Å². The molecule has 1 unspecified atom stereocenters. The van der Waals surface area contributed by atoms with Gasteiger partial charge in [-0.2, -0.15) is 13.2 Å². The van der Waals surface area contributed by atoms with E-state index in [1.807, 2.05) is 13.8 Å². The third-order valence-electron chi connectivity index (χ3n) is 3.32. The van der Waals surface area contributed by atoms with Gasteiger partial charge < -0.3 is 20.5 Å². The number of aryl methyl sites for hydroxylation is 1. The Morgan fingerprint density at radius 1 is 1.33 bits per heavy atom. The molecule has 1 rings (SSSR count). The second-order valence-electron chi connectivity index (χ2n) is 5.87. The zero-order valence-electron chi connectivity index (χ0n) is 13.9. The number of alkyl halides is 3. The lowest BCUT2D eigenvalue weighted by Gasteiger charge is -2.15. The van der Waals surface area contributed by atoms with E-state index in [0.717, 1.165) is 0 Å². The van der Waals surface area contributed by atoms with Crippen LogP contribution < -0.4 is 15.4 Å². The Balaban J connectivity index is 2.48. The lowest BCUT2D eigenvalue weighted by molar-refractivity contribution is -0.153. The lowest BCUT2D eigenvalue weighted by atomic mass is 10.0. The van der Waals surface area contributed by atoms with Crippen molar-refractivity contribution in [2.45, 2.75) is 39.5 Å². The van der Waals surface area contributed by atoms with Gasteiger partial charge in [0.2, 0.25) is 0 Å². The van der Waals surface area contributed by atoms with Crippen LogP contribution in [0.25, 0.3) is 0 Å². The van der Waals surface area contributed by atoms with Gasteiger partial charge in [0.25, 0.3) is 0 Å². The van der Waals surface area contributed by atoms with E-state index >= 15 is 0 Å². The molecule has 0 aliphatic rings. The van der Waals surface area contributed by atoms with E-state index in [9.17, 15) is 23.1 Å². The number of anilines is 1. The van der Waals surface area contributed by atoms with E-state index in [1.165, 1.54) is 18.2 Å². The van der Waals surface area contributed by atoms with Gasteiger partial charge in [0.15, 0.2) is 6.61 Å². The summed E-state index contributed by atoms with van der Waals surface area (Å²) in [4.78, 5) is 11.7. The summed E-state index contributed by atoms with van der Waals surface area (Å²) in [6.45, 7) is 4.32. The molecule has 0 bridgehead atoms. The molecule has 0 radical (unpaired) electrons. The predicted octanol–water partition coefficient (Wildman–Crippen LogP) is 3.46. The standard InChI is InChI=1S/C16H23F3N2O3/c1-10(2)13(22)6-7-20-15(23)21-12-4-5-14(11(3)8-12)24-9-16(17,18)19/h4-5,8,10,13,22H,6-7,9H2,1-3H3,(H2,20,21,23). The molecule has 0 aliphatic heterocycles. The summed E-state index contributed by atoms with van der Waals surface area (Å²) in [7, 11) is 0. The topological polar surface area (TPSA) is 70.6 Å². The smallest absolute Gasteiger partial charge is 0.422 e. The average Bonchev–Trinajstić information content (AvgIpc) is 2.45. The fraction of sp³-hybridized carbons (Fsp3) is 0.562. The SMILES string of the molecule is Cc1cc(NC(=O)NCCC(O)C(C)C)ccc1OCC(F)(F)F. The minimum absolute atomic E-state index is 0.110. The molecule has 0 heterocycles. The maximum atomic E-state index is 12.1. The van der Waals surface area contributed by atoms with Crippen LogP contribution in [-0.2, 0) is 0 Å². The Morgan fingerprint density at radius 3 is 2.54 bits per heavy atom. The van der Waals surface area contributed by atoms with Crippen LogP contribution in [0.1, 0.15) is 25.8 Å². The van der Waals surface area contributed by atoms with Crippen molar-refractivity contribution in [3.8, 4) is 5.75 Å². The first kappa shape index (κ1) is 20.1. The van der Waals surface area contributed by atoms with Gasteiger partial charge >= 0.3 is 12.2 Å². The number of amides is 2. The highest BCUT2D eigenvalue weighted by Crippen LogP contribution is 2.24. The molecule has 0 fully saturated rings. The Morgan fingerprint density at radius 2 is 2.00 bits per heavy atom. The van der Waals surface area contributed by atoms with Crippen molar-refractivity contribution in [1.29, 1.82) is 0 Å². The van der Waals surface area contributed by atoms with Crippen LogP contribution in [0.2, 0.25) is 0 Å². The first-order chi connectivity index (χ1) is 11.1. The summed E-state index contributed by atoms with van der Waals surface area (Å²) in [5, 5.41) is 14.8. The van der Waals surface area contributed by atoms with Crippen molar-refractivity contribution in [1.82, 2.24) is 5.32 Å². The van der Waals surface area contributed by atoms with Crippen LogP contribution in [0.4, 0.5) is 23.7 Å². The number of aliphatic hydroxyl groups is 1. The minimum Gasteiger partial charge on any atom is -0.484 e. The van der Waals surface area contributed by atoms with Crippen molar-refractivity contribution >= 4 is 11.7 Å². The lowest BCUT2D eigenvalue weighted by Crippen LogP contribution is -2.32. The highest BCUT2D eigenvalue weighted by molar-refractivity contribution is 5.89. The molecule has 0 saturated carbocycles. The van der Waals surface area contributed by atoms with Gasteiger partial charge in [0.1, 0.15) is 5.75 Å². The normalized spacial score (nSPS) is 12.8. The van der Waals surface area contributed by atoms with E-state index in [4.69, 9.17) is 4.74 Å². The van der Waals surface area contributed by atoms with E-state index in [-0.39, 0.29) is 11.7 Å². The molecule has 2 amide bonds. The molecule has 24 heavy (non-hydrogen) atoms. The summed E-state index contributed by atoms with van der Waals surface area (Å²) in [6.07, 6.45) is -4.45. The number of rotatable bonds is 7. The van der Waals surface area contributed by atoms with Crippen LogP contribution in [0, 0.1) is 12.8 Å². The summed E-state index contributed by atoms with van der Waals surface area (Å²) in [5.74, 6) is 0.222. The number of urea groups is 1. The third-order valence-corrected chi connectivity index (χ3v) is 3.32. The number of aliphatic hydroxyl groups excluding tert-OH is 1. The molecule has 0 aliphatic carbocycles. The number of hydrogen-bond donors (Lipinski definition) is 3. The van der Waals surface area contributed by atoms with Crippen molar-refractivity contribution in [3.63, 3.8) is 0 Å². The van der Waals surface area contributed by atoms with Crippen LogP contribution in [0.15, 0.2) is 18.2 Å². The number of hydrogen-bond acceptors (Lipinski definition) is 3. The number of carbonyl (C=O) groups excluding carboxylic acids is 1. The maximum absolute atomic E-state index is 12.1. The van der Waals surface area contributed by atoms with Gasteiger partial charge in [-0.25, -0.2) is 4.79 Å². The van der Waals surface area contributed by atoms with Crippen molar-refractivity contribution in [2.75, 3.05) is 18.5 Å². The summed E-state index contributed by atoms with van der Waals surface area (Å²) in [6, 6.07) is 3.91. The molecule has 1 atom stereocenters. The van der Waals surface area contributed by atoms with Gasteiger partial charge in [0.05, 0.1) is 6.10 Å². The average molecular weight is 348 g/mol. The van der Waals surface area contributed by atoms with E-state index in [0.29, 0.717) is 24.2 Å². The number of nitrogens with one attached hydrogen (secondary N) is 2. The molecule has 0 spiro atoms. The van der Waals surface area contributed by atoms with E-state index in [1.54, 1.807) is 6.92 Å². The fourth-order valence-electron chi connectivity index (χ4n) is 1.89. The monoisotopic (exact) mass is 348 g/mol. The molecule has 1 aromatic rings. The van der Waals surface area contributed by atoms with Crippen LogP contribution in [-0.4, -0.2) is 36.6 Å². The van der Waals surface area contributed by atoms with Gasteiger partial charge in [-0.3, -0.25) is 0 Å². The number of ether oxygens (including phenoxy) is 1. The second kappa shape index (κ2) is 8.77. The van der Waals surface area contributed by atoms with Gasteiger partial charge in [0, 0.05) is 12.2 Å². The molecular formula is C16H23F3N2O3. The molecule has 1 aromatic carbocycles. The molecule has 136 valence electrons. The Kier molecular flexibility index (Phi) is 7.34. The Labute approximate surface area is 139 Å². The molecule has 8 heteroatoms. The highest BCUT2D eigenvalue weighted by atomic mass is 19.4. The third kappa shape index (κ3) is 7.54. The largest absolute Gasteiger partial charge is 0.484 e. The first-order valence-electron chi connectivity index (χ1n) is 7.61. The number of carbonyl (C=O) groups is 1. The summed E-state index contributed by atoms with van der Waals surface area (Å²) >= 11 is 0. The predicted molar refractivity (Wildman–Crippen MR) is 85.2 cm³/mol. The number of halogens is 3. The van der Waals surface area contributed by atoms with E-state index < -0.39 is 24.9 Å². The van der Waals surface area contributed by atoms with Crippen LogP contribution in [0.3, 0.4) is 0 Å². The molecule has 5 nitrogen and oxygen atoms in total. The summed E-state index contributed by atoms with van der Waals surface area (Å²) in [5.41, 5.74) is 0.918. The quantitative estimate of drug-likeness (QED) is 0.707. The van der Waals surface area contributed by atoms with Gasteiger partial charge in [-0.05, 0) is 43.0 Å². The van der Waals surface area contributed by atoms with Crippen molar-refractivity contribution < 1.29 is 27.8 Å². The second-order valence-corrected chi connectivity index (χ2v) is 5.87. The van der Waals surface area contributed by atoms with E-state index in [2.05, 4.69) is 10.6 Å². The summed E-state index contributed by atoms with van der Waals surface area (Å²) < 4.78 is 41.1. The molecular weight excluding hydrogens is 325 g/mol. The maximum Gasteiger partial charge on any atom is 0.422 e. The van der Waals surface area contributed by atoms with Gasteiger partial charge in [-0.15, -0.1) is 0 Å². The van der Waals surface area contributed by atoms with Crippen molar-refractivity contribution in [2.24, 2.45) is 5.92 Å². The number of benzene rings is 1.